The van der Waals surface area contributed by atoms with Crippen molar-refractivity contribution in [2.75, 3.05) is 6.61 Å². The van der Waals surface area contributed by atoms with Crippen LogP contribution in [0.4, 0.5) is 0 Å². The maximum Gasteiger partial charge on any atom is 0.353 e. The van der Waals surface area contributed by atoms with Crippen LogP contribution in [-0.4, -0.2) is 18.4 Å². The Balaban J connectivity index is 1.60. The van der Waals surface area contributed by atoms with Crippen molar-refractivity contribution in [1.82, 2.24) is 0 Å². The van der Waals surface area contributed by atoms with E-state index in [2.05, 4.69) is 0 Å². The highest BCUT2D eigenvalue weighted by atomic mass is 32.2. The molecule has 0 aliphatic carbocycles. The van der Waals surface area contributed by atoms with E-state index >= 15 is 0 Å². The summed E-state index contributed by atoms with van der Waals surface area (Å²) in [4.78, 5) is 27.0. The van der Waals surface area contributed by atoms with Crippen molar-refractivity contribution in [3.8, 4) is 11.5 Å². The lowest BCUT2D eigenvalue weighted by Gasteiger charge is -2.11. The number of fused-ring (bicyclic) bond motifs is 1. The van der Waals surface area contributed by atoms with Crippen molar-refractivity contribution in [3.05, 3.63) is 80.9 Å². The minimum Gasteiger partial charge on any atom is -0.490 e. The van der Waals surface area contributed by atoms with Crippen molar-refractivity contribution in [3.63, 3.8) is 0 Å². The summed E-state index contributed by atoms with van der Waals surface area (Å²) in [5, 5.41) is 1.82. The molecule has 0 unspecified atom stereocenters. The Hall–Kier alpha value is -2.83. The van der Waals surface area contributed by atoms with Crippen LogP contribution in [0.1, 0.15) is 32.5 Å². The zero-order valence-electron chi connectivity index (χ0n) is 15.0. The third-order valence-corrected chi connectivity index (χ3v) is 6.01. The minimum atomic E-state index is -0.418. The highest BCUT2D eigenvalue weighted by molar-refractivity contribution is 8.04. The van der Waals surface area contributed by atoms with Crippen LogP contribution in [0.25, 0.3) is 6.08 Å². The predicted octanol–water partition coefficient (Wildman–Crippen LogP) is 5.70. The van der Waals surface area contributed by atoms with Crippen molar-refractivity contribution < 1.29 is 19.1 Å². The van der Waals surface area contributed by atoms with E-state index in [1.807, 2.05) is 48.7 Å². The Bertz CT molecular complexity index is 1070. The molecule has 4 nitrogen and oxygen atoms in total. The molecule has 6 heteroatoms. The topological polar surface area (TPSA) is 52.6 Å². The molecule has 0 fully saturated rings. The van der Waals surface area contributed by atoms with Crippen LogP contribution >= 0.6 is 23.1 Å². The van der Waals surface area contributed by atoms with Crippen LogP contribution in [0.2, 0.25) is 0 Å². The van der Waals surface area contributed by atoms with Crippen LogP contribution in [0.5, 0.6) is 11.5 Å². The molecular weight excluding hydrogens is 392 g/mol. The molecule has 0 saturated carbocycles. The summed E-state index contributed by atoms with van der Waals surface area (Å²) in [6.45, 7) is 2.30. The summed E-state index contributed by atoms with van der Waals surface area (Å²) < 4.78 is 11.1. The first kappa shape index (κ1) is 18.5. The third-order valence-electron chi connectivity index (χ3n) is 4.07. The number of carbonyl (C=O) groups excluding carboxylic acids is 2. The smallest absolute Gasteiger partial charge is 0.353 e. The van der Waals surface area contributed by atoms with Gasteiger partial charge in [-0.25, -0.2) is 4.79 Å². The molecule has 0 amide bonds. The SMILES string of the molecule is CCOc1cc(/C=C2\Sc3ccccc3C2=O)ccc1OC(=O)c1cccs1. The molecule has 1 aliphatic heterocycles. The normalized spacial score (nSPS) is 14.2. The number of hydrogen-bond acceptors (Lipinski definition) is 6. The molecule has 0 atom stereocenters. The number of benzene rings is 2. The van der Waals surface area contributed by atoms with Crippen molar-refractivity contribution in [2.45, 2.75) is 11.8 Å². The average Bonchev–Trinajstić information content (AvgIpc) is 3.34. The second kappa shape index (κ2) is 8.04. The van der Waals surface area contributed by atoms with E-state index in [0.29, 0.717) is 27.9 Å². The van der Waals surface area contributed by atoms with Gasteiger partial charge in [-0.05, 0) is 54.3 Å². The van der Waals surface area contributed by atoms with Gasteiger partial charge in [0.15, 0.2) is 11.5 Å². The zero-order chi connectivity index (χ0) is 19.5. The number of Topliss-reactive ketones (excluding diaryl/α,β-unsaturated/α-hetero) is 1. The van der Waals surface area contributed by atoms with Crippen molar-refractivity contribution in [2.24, 2.45) is 0 Å². The molecule has 4 rings (SSSR count). The summed E-state index contributed by atoms with van der Waals surface area (Å²) in [6.07, 6.45) is 1.83. The first-order valence-corrected chi connectivity index (χ1v) is 10.4. The van der Waals surface area contributed by atoms with Crippen molar-refractivity contribution >= 4 is 40.9 Å². The third kappa shape index (κ3) is 3.74. The molecule has 0 bridgehead atoms. The highest BCUT2D eigenvalue weighted by Crippen LogP contribution is 2.41. The predicted molar refractivity (Wildman–Crippen MR) is 111 cm³/mol. The molecule has 2 heterocycles. The number of allylic oxidation sites excluding steroid dienone is 1. The van der Waals surface area contributed by atoms with Gasteiger partial charge in [0, 0.05) is 10.5 Å². The van der Waals surface area contributed by atoms with Crippen LogP contribution in [0.15, 0.2) is 69.8 Å². The van der Waals surface area contributed by atoms with Gasteiger partial charge in [-0.2, -0.15) is 0 Å². The Morgan fingerprint density at radius 3 is 2.68 bits per heavy atom. The molecule has 140 valence electrons. The summed E-state index contributed by atoms with van der Waals surface area (Å²) >= 11 is 2.78. The lowest BCUT2D eigenvalue weighted by atomic mass is 10.1. The summed E-state index contributed by atoms with van der Waals surface area (Å²) in [7, 11) is 0. The molecule has 0 radical (unpaired) electrons. The number of esters is 1. The quantitative estimate of drug-likeness (QED) is 0.308. The fraction of sp³-hybridized carbons (Fsp3) is 0.0909. The molecule has 0 spiro atoms. The number of thioether (sulfide) groups is 1. The second-order valence-corrected chi connectivity index (χ2v) is 7.97. The fourth-order valence-electron chi connectivity index (χ4n) is 2.80. The average molecular weight is 409 g/mol. The van der Waals surface area contributed by atoms with E-state index < -0.39 is 5.97 Å². The number of carbonyl (C=O) groups is 2. The number of ketones is 1. The van der Waals surface area contributed by atoms with E-state index in [-0.39, 0.29) is 5.78 Å². The Labute approximate surface area is 170 Å². The zero-order valence-corrected chi connectivity index (χ0v) is 16.6. The Morgan fingerprint density at radius 2 is 1.93 bits per heavy atom. The van der Waals surface area contributed by atoms with Gasteiger partial charge in [-0.15, -0.1) is 11.3 Å². The van der Waals surface area contributed by atoms with Gasteiger partial charge in [-0.3, -0.25) is 4.79 Å². The van der Waals surface area contributed by atoms with Crippen LogP contribution < -0.4 is 9.47 Å². The molecule has 28 heavy (non-hydrogen) atoms. The monoisotopic (exact) mass is 408 g/mol. The van der Waals surface area contributed by atoms with Crippen LogP contribution in [0, 0.1) is 0 Å². The van der Waals surface area contributed by atoms with Gasteiger partial charge in [0.2, 0.25) is 5.78 Å². The van der Waals surface area contributed by atoms with Crippen LogP contribution in [0.3, 0.4) is 0 Å². The number of rotatable bonds is 5. The maximum absolute atomic E-state index is 12.6. The van der Waals surface area contributed by atoms with E-state index in [9.17, 15) is 9.59 Å². The van der Waals surface area contributed by atoms with Gasteiger partial charge in [0.05, 0.1) is 11.5 Å². The second-order valence-electron chi connectivity index (χ2n) is 5.94. The van der Waals surface area contributed by atoms with Gasteiger partial charge in [0.25, 0.3) is 0 Å². The lowest BCUT2D eigenvalue weighted by molar-refractivity contribution is 0.0733. The molecule has 1 aromatic heterocycles. The van der Waals surface area contributed by atoms with Gasteiger partial charge < -0.3 is 9.47 Å². The summed E-state index contributed by atoms with van der Waals surface area (Å²) in [6, 6.07) is 16.4. The highest BCUT2D eigenvalue weighted by Gasteiger charge is 2.25. The van der Waals surface area contributed by atoms with E-state index in [4.69, 9.17) is 9.47 Å². The maximum atomic E-state index is 12.6. The fourth-order valence-corrected chi connectivity index (χ4v) is 4.45. The van der Waals surface area contributed by atoms with Gasteiger partial charge >= 0.3 is 5.97 Å². The van der Waals surface area contributed by atoms with E-state index in [1.165, 1.54) is 23.1 Å². The summed E-state index contributed by atoms with van der Waals surface area (Å²) in [5.74, 6) is 0.427. The number of hydrogen-bond donors (Lipinski definition) is 0. The van der Waals surface area contributed by atoms with Gasteiger partial charge in [0.1, 0.15) is 4.88 Å². The molecule has 0 N–H and O–H groups in total. The molecular formula is C22H16O4S2. The number of ether oxygens (including phenoxy) is 2. The standard InChI is InChI=1S/C22H16O4S2/c1-2-25-17-12-14(9-10-16(17)26-22(24)19-8-5-11-27-19)13-20-21(23)15-6-3-4-7-18(15)28-20/h3-13H,2H2,1H3/b20-13-. The first-order chi connectivity index (χ1) is 13.7. The summed E-state index contributed by atoms with van der Waals surface area (Å²) in [5.41, 5.74) is 1.54. The van der Waals surface area contributed by atoms with E-state index in [0.717, 1.165) is 16.0 Å². The molecule has 2 aromatic carbocycles. The van der Waals surface area contributed by atoms with E-state index in [1.54, 1.807) is 24.3 Å². The number of thiophene rings is 1. The Morgan fingerprint density at radius 1 is 1.07 bits per heavy atom. The minimum absolute atomic E-state index is 0.0201. The molecule has 0 saturated heterocycles. The van der Waals surface area contributed by atoms with Crippen LogP contribution in [-0.2, 0) is 0 Å². The Kier molecular flexibility index (Phi) is 5.32. The molecule has 3 aromatic rings. The first-order valence-electron chi connectivity index (χ1n) is 8.71. The largest absolute Gasteiger partial charge is 0.490 e. The van der Waals surface area contributed by atoms with Crippen molar-refractivity contribution in [1.29, 1.82) is 0 Å². The molecule has 1 aliphatic rings. The lowest BCUT2D eigenvalue weighted by Crippen LogP contribution is -2.08. The van der Waals surface area contributed by atoms with Gasteiger partial charge in [-0.1, -0.05) is 36.0 Å².